The predicted molar refractivity (Wildman–Crippen MR) is 121 cm³/mol. The number of benzene rings is 2. The molecule has 0 amide bonds. The molecule has 0 saturated carbocycles. The van der Waals surface area contributed by atoms with Gasteiger partial charge in [-0.1, -0.05) is 54.1 Å². The number of halogens is 1. The molecule has 1 N–H and O–H groups in total. The molecule has 0 aliphatic carbocycles. The molecule has 1 aliphatic rings. The first-order valence-corrected chi connectivity index (χ1v) is 11.1. The second-order valence-corrected chi connectivity index (χ2v) is 8.21. The van der Waals surface area contributed by atoms with Crippen LogP contribution in [0.15, 0.2) is 54.6 Å². The van der Waals surface area contributed by atoms with Gasteiger partial charge >= 0.3 is 5.97 Å². The van der Waals surface area contributed by atoms with Gasteiger partial charge in [0.25, 0.3) is 0 Å². The van der Waals surface area contributed by atoms with E-state index in [1.165, 1.54) is 11.1 Å². The Morgan fingerprint density at radius 3 is 2.32 bits per heavy atom. The summed E-state index contributed by atoms with van der Waals surface area (Å²) >= 11 is 6.11. The molecule has 0 spiro atoms. The largest absolute Gasteiger partial charge is 0.459 e. The summed E-state index contributed by atoms with van der Waals surface area (Å²) in [6.45, 7) is 6.38. The molecule has 0 aromatic heterocycles. The van der Waals surface area contributed by atoms with Gasteiger partial charge in [0.1, 0.15) is 12.7 Å². The van der Waals surface area contributed by atoms with E-state index in [0.717, 1.165) is 37.7 Å². The molecule has 3 rings (SSSR count). The highest BCUT2D eigenvalue weighted by Gasteiger charge is 2.26. The van der Waals surface area contributed by atoms with Crippen LogP contribution in [-0.4, -0.2) is 79.5 Å². The van der Waals surface area contributed by atoms with Crippen LogP contribution < -0.4 is 0 Å². The normalized spacial score (nSPS) is 17.3. The van der Waals surface area contributed by atoms with Crippen LogP contribution in [0.4, 0.5) is 0 Å². The SMILES string of the molecule is CC(CO)OC(=O)COCCN1CCN([C@H](c2ccccc2)c2ccc(Cl)cc2)CC1. The number of aliphatic hydroxyl groups is 1. The van der Waals surface area contributed by atoms with E-state index in [4.69, 9.17) is 26.2 Å². The fourth-order valence-corrected chi connectivity index (χ4v) is 3.91. The third kappa shape index (κ3) is 7.30. The molecule has 2 atom stereocenters. The van der Waals surface area contributed by atoms with Crippen molar-refractivity contribution < 1.29 is 19.4 Å². The molecule has 1 aliphatic heterocycles. The van der Waals surface area contributed by atoms with Crippen LogP contribution in [-0.2, 0) is 14.3 Å². The topological polar surface area (TPSA) is 62.2 Å². The van der Waals surface area contributed by atoms with Crippen LogP contribution in [0.25, 0.3) is 0 Å². The molecule has 6 nitrogen and oxygen atoms in total. The minimum atomic E-state index is -0.498. The van der Waals surface area contributed by atoms with Crippen molar-refractivity contribution in [2.24, 2.45) is 0 Å². The van der Waals surface area contributed by atoms with Crippen molar-refractivity contribution in [2.75, 3.05) is 52.5 Å². The Kier molecular flexibility index (Phi) is 9.31. The lowest BCUT2D eigenvalue weighted by atomic mass is 9.96. The van der Waals surface area contributed by atoms with Crippen LogP contribution in [0.5, 0.6) is 0 Å². The fraction of sp³-hybridized carbons (Fsp3) is 0.458. The maximum atomic E-state index is 11.6. The van der Waals surface area contributed by atoms with E-state index < -0.39 is 12.1 Å². The Hall–Kier alpha value is -1.96. The maximum absolute atomic E-state index is 11.6. The maximum Gasteiger partial charge on any atom is 0.332 e. The molecule has 168 valence electrons. The second-order valence-electron chi connectivity index (χ2n) is 7.78. The third-order valence-corrected chi connectivity index (χ3v) is 5.69. The van der Waals surface area contributed by atoms with Crippen LogP contribution >= 0.6 is 11.6 Å². The van der Waals surface area contributed by atoms with Crippen molar-refractivity contribution in [3.05, 3.63) is 70.7 Å². The van der Waals surface area contributed by atoms with Gasteiger partial charge in [-0.2, -0.15) is 0 Å². The van der Waals surface area contributed by atoms with Crippen molar-refractivity contribution in [1.82, 2.24) is 9.80 Å². The Balaban J connectivity index is 1.50. The van der Waals surface area contributed by atoms with Gasteiger partial charge in [0.05, 0.1) is 19.3 Å². The molecule has 1 fully saturated rings. The number of carbonyl (C=O) groups excluding carboxylic acids is 1. The summed E-state index contributed by atoms with van der Waals surface area (Å²) in [7, 11) is 0. The summed E-state index contributed by atoms with van der Waals surface area (Å²) in [6, 6.07) is 18.9. The summed E-state index contributed by atoms with van der Waals surface area (Å²) in [5.74, 6) is -0.444. The number of ether oxygens (including phenoxy) is 2. The molecule has 1 unspecified atom stereocenters. The smallest absolute Gasteiger partial charge is 0.332 e. The zero-order chi connectivity index (χ0) is 22.1. The van der Waals surface area contributed by atoms with Crippen LogP contribution in [0, 0.1) is 0 Å². The average molecular weight is 447 g/mol. The van der Waals surface area contributed by atoms with E-state index in [1.807, 2.05) is 18.2 Å². The molecular weight excluding hydrogens is 416 g/mol. The van der Waals surface area contributed by atoms with Gasteiger partial charge < -0.3 is 14.6 Å². The second kappa shape index (κ2) is 12.2. The lowest BCUT2D eigenvalue weighted by molar-refractivity contribution is -0.155. The van der Waals surface area contributed by atoms with Gasteiger partial charge in [-0.15, -0.1) is 0 Å². The number of nitrogens with zero attached hydrogens (tertiary/aromatic N) is 2. The summed E-state index contributed by atoms with van der Waals surface area (Å²) in [6.07, 6.45) is -0.498. The van der Waals surface area contributed by atoms with Crippen molar-refractivity contribution in [3.8, 4) is 0 Å². The third-order valence-electron chi connectivity index (χ3n) is 5.43. The van der Waals surface area contributed by atoms with Crippen LogP contribution in [0.2, 0.25) is 5.02 Å². The summed E-state index contributed by atoms with van der Waals surface area (Å²) < 4.78 is 10.4. The van der Waals surface area contributed by atoms with E-state index >= 15 is 0 Å². The molecule has 31 heavy (non-hydrogen) atoms. The van der Waals surface area contributed by atoms with Gasteiger partial charge in [0, 0.05) is 37.7 Å². The molecule has 7 heteroatoms. The summed E-state index contributed by atoms with van der Waals surface area (Å²) in [5.41, 5.74) is 2.51. The van der Waals surface area contributed by atoms with Crippen molar-refractivity contribution >= 4 is 17.6 Å². The van der Waals surface area contributed by atoms with E-state index in [2.05, 4.69) is 46.2 Å². The van der Waals surface area contributed by atoms with E-state index in [1.54, 1.807) is 6.92 Å². The molecule has 2 aromatic rings. The van der Waals surface area contributed by atoms with Crippen molar-refractivity contribution in [3.63, 3.8) is 0 Å². The van der Waals surface area contributed by atoms with Gasteiger partial charge in [0.15, 0.2) is 0 Å². The first kappa shape index (κ1) is 23.7. The van der Waals surface area contributed by atoms with E-state index in [-0.39, 0.29) is 19.3 Å². The molecular formula is C24H31ClN2O4. The lowest BCUT2D eigenvalue weighted by Gasteiger charge is -2.39. The number of aliphatic hydroxyl groups excluding tert-OH is 1. The quantitative estimate of drug-likeness (QED) is 0.447. The first-order chi connectivity index (χ1) is 15.1. The van der Waals surface area contributed by atoms with Crippen molar-refractivity contribution in [1.29, 1.82) is 0 Å². The molecule has 1 saturated heterocycles. The van der Waals surface area contributed by atoms with E-state index in [0.29, 0.717) is 6.61 Å². The van der Waals surface area contributed by atoms with Crippen LogP contribution in [0.3, 0.4) is 0 Å². The number of piperazine rings is 1. The van der Waals surface area contributed by atoms with Gasteiger partial charge in [-0.3, -0.25) is 9.80 Å². The zero-order valence-electron chi connectivity index (χ0n) is 18.0. The Morgan fingerprint density at radius 2 is 1.68 bits per heavy atom. The van der Waals surface area contributed by atoms with Gasteiger partial charge in [-0.25, -0.2) is 4.79 Å². The van der Waals surface area contributed by atoms with Crippen molar-refractivity contribution in [2.45, 2.75) is 19.1 Å². The van der Waals surface area contributed by atoms with E-state index in [9.17, 15) is 4.79 Å². The number of carbonyl (C=O) groups is 1. The highest BCUT2D eigenvalue weighted by atomic mass is 35.5. The molecule has 0 bridgehead atoms. The minimum absolute atomic E-state index is 0.0864. The summed E-state index contributed by atoms with van der Waals surface area (Å²) in [5, 5.41) is 9.65. The average Bonchev–Trinajstić information content (AvgIpc) is 2.80. The lowest BCUT2D eigenvalue weighted by Crippen LogP contribution is -2.48. The number of hydrogen-bond acceptors (Lipinski definition) is 6. The standard InChI is InChI=1S/C24H31ClN2O4/c1-19(17-28)31-23(29)18-30-16-15-26-11-13-27(14-12-26)24(20-5-3-2-4-6-20)21-7-9-22(25)10-8-21/h2-10,19,24,28H,11-18H2,1H3/t19?,24-/m1/s1. The Bertz CT molecular complexity index is 795. The number of esters is 1. The minimum Gasteiger partial charge on any atom is -0.459 e. The Labute approximate surface area is 189 Å². The summed E-state index contributed by atoms with van der Waals surface area (Å²) in [4.78, 5) is 16.4. The number of hydrogen-bond donors (Lipinski definition) is 1. The molecule has 0 radical (unpaired) electrons. The predicted octanol–water partition coefficient (Wildman–Crippen LogP) is 2.99. The van der Waals surface area contributed by atoms with Gasteiger partial charge in [0.2, 0.25) is 0 Å². The van der Waals surface area contributed by atoms with Crippen LogP contribution in [0.1, 0.15) is 24.1 Å². The zero-order valence-corrected chi connectivity index (χ0v) is 18.7. The monoisotopic (exact) mass is 446 g/mol. The first-order valence-electron chi connectivity index (χ1n) is 10.7. The fourth-order valence-electron chi connectivity index (χ4n) is 3.78. The number of rotatable bonds is 10. The highest BCUT2D eigenvalue weighted by molar-refractivity contribution is 6.30. The Morgan fingerprint density at radius 1 is 1.03 bits per heavy atom. The molecule has 2 aromatic carbocycles. The van der Waals surface area contributed by atoms with Gasteiger partial charge in [-0.05, 0) is 30.2 Å². The highest BCUT2D eigenvalue weighted by Crippen LogP contribution is 2.30. The molecule has 1 heterocycles.